The summed E-state index contributed by atoms with van der Waals surface area (Å²) in [7, 11) is 0. The summed E-state index contributed by atoms with van der Waals surface area (Å²) in [5, 5.41) is 24.0. The summed E-state index contributed by atoms with van der Waals surface area (Å²) in [5.41, 5.74) is 4.68. The van der Waals surface area contributed by atoms with Crippen LogP contribution in [-0.4, -0.2) is 27.7 Å². The number of fused-ring (bicyclic) bond motifs is 1. The first-order valence-corrected chi connectivity index (χ1v) is 12.7. The number of non-ortho nitro benzene ring substituents is 1. The van der Waals surface area contributed by atoms with Crippen molar-refractivity contribution in [3.05, 3.63) is 111 Å². The van der Waals surface area contributed by atoms with Crippen LogP contribution in [0, 0.1) is 17.0 Å². The number of hydrogen-bond donors (Lipinski definition) is 2. The summed E-state index contributed by atoms with van der Waals surface area (Å²) in [5.74, 6) is -1.94. The quantitative estimate of drug-likeness (QED) is 0.313. The van der Waals surface area contributed by atoms with Gasteiger partial charge in [0.2, 0.25) is 5.91 Å². The lowest BCUT2D eigenvalue weighted by Gasteiger charge is -2.35. The molecule has 3 aromatic rings. The smallest absolute Gasteiger partial charge is 0.303 e. The maximum atomic E-state index is 14.0. The van der Waals surface area contributed by atoms with Gasteiger partial charge in [0.15, 0.2) is 5.78 Å². The SMILES string of the molecule is Cc1ccc([C@H]2C3=C(C[C@H](c4cccc([N+](=O)[O-])c4)CC3=O)Nc3ccccc3N2C(=O)CCC(=O)O)cc1. The number of aliphatic carboxylic acids is 1. The van der Waals surface area contributed by atoms with E-state index in [4.69, 9.17) is 0 Å². The zero-order valence-corrected chi connectivity index (χ0v) is 21.3. The molecule has 0 saturated heterocycles. The molecular weight excluding hydrogens is 498 g/mol. The first-order valence-electron chi connectivity index (χ1n) is 12.7. The standard InChI is InChI=1S/C30H27N3O6/c1-18-9-11-19(12-10-18)30-29-24(16-21(17-26(29)34)20-5-4-6-22(15-20)33(38)39)31-23-7-2-3-8-25(23)32(30)27(35)13-14-28(36)37/h2-12,15,21,30-31H,13-14,16-17H2,1H3,(H,36,37)/t21-,30-/m0/s1. The Labute approximate surface area is 224 Å². The summed E-state index contributed by atoms with van der Waals surface area (Å²) in [4.78, 5) is 51.4. The molecule has 9 nitrogen and oxygen atoms in total. The van der Waals surface area contributed by atoms with Crippen molar-refractivity contribution in [1.29, 1.82) is 0 Å². The largest absolute Gasteiger partial charge is 0.481 e. The van der Waals surface area contributed by atoms with E-state index in [-0.39, 0.29) is 36.7 Å². The van der Waals surface area contributed by atoms with Gasteiger partial charge in [-0.05, 0) is 42.5 Å². The van der Waals surface area contributed by atoms with Gasteiger partial charge in [-0.2, -0.15) is 0 Å². The number of carboxylic acids is 1. The first-order chi connectivity index (χ1) is 18.7. The predicted molar refractivity (Wildman–Crippen MR) is 145 cm³/mol. The number of hydrogen-bond acceptors (Lipinski definition) is 6. The van der Waals surface area contributed by atoms with Crippen molar-refractivity contribution in [2.24, 2.45) is 0 Å². The molecule has 2 aliphatic rings. The molecule has 1 amide bonds. The maximum Gasteiger partial charge on any atom is 0.303 e. The number of benzene rings is 3. The van der Waals surface area contributed by atoms with E-state index in [1.54, 1.807) is 29.2 Å². The van der Waals surface area contributed by atoms with Gasteiger partial charge in [-0.15, -0.1) is 0 Å². The molecule has 2 atom stereocenters. The number of amides is 1. The number of carbonyl (C=O) groups excluding carboxylic acids is 2. The Kier molecular flexibility index (Phi) is 6.98. The number of ketones is 1. The van der Waals surface area contributed by atoms with Gasteiger partial charge in [-0.1, -0.05) is 54.1 Å². The number of carboxylic acid groups (broad SMARTS) is 1. The van der Waals surface area contributed by atoms with Crippen molar-refractivity contribution in [2.45, 2.75) is 44.6 Å². The topological polar surface area (TPSA) is 130 Å². The van der Waals surface area contributed by atoms with Gasteiger partial charge in [0, 0.05) is 36.2 Å². The summed E-state index contributed by atoms with van der Waals surface area (Å²) < 4.78 is 0. The van der Waals surface area contributed by atoms with Crippen LogP contribution in [0.3, 0.4) is 0 Å². The van der Waals surface area contributed by atoms with Gasteiger partial charge in [-0.3, -0.25) is 29.4 Å². The number of nitrogens with zero attached hydrogens (tertiary/aromatic N) is 2. The Morgan fingerprint density at radius 2 is 1.74 bits per heavy atom. The Hall–Kier alpha value is -4.79. The Balaban J connectivity index is 1.66. The lowest BCUT2D eigenvalue weighted by molar-refractivity contribution is -0.384. The third-order valence-corrected chi connectivity index (χ3v) is 7.26. The van der Waals surface area contributed by atoms with Crippen LogP contribution < -0.4 is 10.2 Å². The molecule has 0 bridgehead atoms. The number of Topliss-reactive ketones (excluding diaryl/α,β-unsaturated/α-hetero) is 1. The van der Waals surface area contributed by atoms with Crippen LogP contribution in [-0.2, 0) is 14.4 Å². The number of nitro groups is 1. The average molecular weight is 526 g/mol. The highest BCUT2D eigenvalue weighted by Crippen LogP contribution is 2.47. The Bertz CT molecular complexity index is 1510. The van der Waals surface area contributed by atoms with Crippen molar-refractivity contribution in [2.75, 3.05) is 10.2 Å². The van der Waals surface area contributed by atoms with E-state index in [0.717, 1.165) is 11.1 Å². The second kappa shape index (κ2) is 10.5. The van der Waals surface area contributed by atoms with Crippen LogP contribution >= 0.6 is 0 Å². The van der Waals surface area contributed by atoms with E-state index < -0.39 is 22.8 Å². The minimum absolute atomic E-state index is 0.0355. The van der Waals surface area contributed by atoms with Crippen LogP contribution in [0.5, 0.6) is 0 Å². The van der Waals surface area contributed by atoms with Gasteiger partial charge < -0.3 is 10.4 Å². The van der Waals surface area contributed by atoms with Crippen LogP contribution in [0.15, 0.2) is 84.1 Å². The molecule has 0 fully saturated rings. The molecule has 1 aliphatic carbocycles. The van der Waals surface area contributed by atoms with Crippen LogP contribution in [0.2, 0.25) is 0 Å². The fraction of sp³-hybridized carbons (Fsp3) is 0.233. The molecule has 1 heterocycles. The van der Waals surface area contributed by atoms with Gasteiger partial charge in [0.25, 0.3) is 5.69 Å². The zero-order valence-electron chi connectivity index (χ0n) is 21.3. The van der Waals surface area contributed by atoms with Crippen molar-refractivity contribution in [1.82, 2.24) is 0 Å². The third-order valence-electron chi connectivity index (χ3n) is 7.26. The molecule has 1 aliphatic heterocycles. The third kappa shape index (κ3) is 5.16. The lowest BCUT2D eigenvalue weighted by atomic mass is 9.78. The minimum atomic E-state index is -1.08. The molecule has 9 heteroatoms. The molecular formula is C30H27N3O6. The molecule has 0 radical (unpaired) electrons. The van der Waals surface area contributed by atoms with Crippen molar-refractivity contribution in [3.8, 4) is 0 Å². The van der Waals surface area contributed by atoms with E-state index >= 15 is 0 Å². The average Bonchev–Trinajstić information content (AvgIpc) is 3.07. The van der Waals surface area contributed by atoms with Crippen LogP contribution in [0.25, 0.3) is 0 Å². The fourth-order valence-electron chi connectivity index (χ4n) is 5.39. The highest BCUT2D eigenvalue weighted by atomic mass is 16.6. The van der Waals surface area contributed by atoms with Crippen LogP contribution in [0.4, 0.5) is 17.1 Å². The van der Waals surface area contributed by atoms with E-state index in [0.29, 0.717) is 34.6 Å². The first kappa shape index (κ1) is 25.8. The second-order valence-corrected chi connectivity index (χ2v) is 9.89. The molecule has 0 aromatic heterocycles. The molecule has 0 spiro atoms. The maximum absolute atomic E-state index is 14.0. The minimum Gasteiger partial charge on any atom is -0.481 e. The highest BCUT2D eigenvalue weighted by Gasteiger charge is 2.41. The number of para-hydroxylation sites is 2. The second-order valence-electron chi connectivity index (χ2n) is 9.89. The van der Waals surface area contributed by atoms with Crippen LogP contribution in [0.1, 0.15) is 54.3 Å². The monoisotopic (exact) mass is 525 g/mol. The van der Waals surface area contributed by atoms with Gasteiger partial charge in [-0.25, -0.2) is 0 Å². The van der Waals surface area contributed by atoms with Crippen molar-refractivity contribution >= 4 is 34.7 Å². The van der Waals surface area contributed by atoms with E-state index in [1.807, 2.05) is 43.3 Å². The number of anilines is 2. The normalized spacial score (nSPS) is 18.5. The predicted octanol–water partition coefficient (Wildman–Crippen LogP) is 5.67. The van der Waals surface area contributed by atoms with E-state index in [9.17, 15) is 29.6 Å². The molecule has 2 N–H and O–H groups in total. The zero-order chi connectivity index (χ0) is 27.7. The van der Waals surface area contributed by atoms with Gasteiger partial charge >= 0.3 is 5.97 Å². The Morgan fingerprint density at radius 1 is 1.00 bits per heavy atom. The van der Waals surface area contributed by atoms with Gasteiger partial charge in [0.05, 0.1) is 28.8 Å². The van der Waals surface area contributed by atoms with Gasteiger partial charge in [0.1, 0.15) is 0 Å². The molecule has 3 aromatic carbocycles. The lowest BCUT2D eigenvalue weighted by Crippen LogP contribution is -2.38. The number of nitro benzene ring substituents is 1. The van der Waals surface area contributed by atoms with Crippen molar-refractivity contribution < 1.29 is 24.4 Å². The number of allylic oxidation sites excluding steroid dienone is 1. The summed E-state index contributed by atoms with van der Waals surface area (Å²) >= 11 is 0. The van der Waals surface area contributed by atoms with E-state index in [2.05, 4.69) is 5.32 Å². The number of aryl methyl sites for hydroxylation is 1. The number of carbonyl (C=O) groups is 3. The highest BCUT2D eigenvalue weighted by molar-refractivity contribution is 6.06. The number of rotatable bonds is 6. The fourth-order valence-corrected chi connectivity index (χ4v) is 5.39. The molecule has 0 saturated carbocycles. The van der Waals surface area contributed by atoms with Crippen molar-refractivity contribution in [3.63, 3.8) is 0 Å². The Morgan fingerprint density at radius 3 is 2.46 bits per heavy atom. The molecule has 5 rings (SSSR count). The summed E-state index contributed by atoms with van der Waals surface area (Å²) in [6.45, 7) is 1.95. The summed E-state index contributed by atoms with van der Waals surface area (Å²) in [6.07, 6.45) is -0.0208. The molecule has 0 unspecified atom stereocenters. The molecule has 39 heavy (non-hydrogen) atoms. The molecule has 198 valence electrons. The summed E-state index contributed by atoms with van der Waals surface area (Å²) in [6, 6.07) is 20.4. The number of nitrogens with one attached hydrogen (secondary N) is 1. The van der Waals surface area contributed by atoms with E-state index in [1.165, 1.54) is 12.1 Å².